The summed E-state index contributed by atoms with van der Waals surface area (Å²) < 4.78 is 10.8. The molecule has 1 aliphatic carbocycles. The van der Waals surface area contributed by atoms with Gasteiger partial charge in [0, 0.05) is 12.8 Å². The van der Waals surface area contributed by atoms with Gasteiger partial charge in [-0.05, 0) is 43.2 Å². The molecule has 1 fully saturated rings. The Labute approximate surface area is 150 Å². The van der Waals surface area contributed by atoms with Crippen molar-refractivity contribution in [1.82, 2.24) is 0 Å². The predicted molar refractivity (Wildman–Crippen MR) is 97.5 cm³/mol. The van der Waals surface area contributed by atoms with Crippen molar-refractivity contribution >= 4 is 11.9 Å². The summed E-state index contributed by atoms with van der Waals surface area (Å²) in [5.41, 5.74) is 1.05. The Morgan fingerprint density at radius 3 is 2.52 bits per heavy atom. The second-order valence-electron chi connectivity index (χ2n) is 6.87. The maximum Gasteiger partial charge on any atom is 0.311 e. The molecule has 1 aromatic rings. The zero-order valence-corrected chi connectivity index (χ0v) is 15.3. The molecule has 2 rings (SSSR count). The molecule has 0 atom stereocenters. The van der Waals surface area contributed by atoms with E-state index in [1.807, 2.05) is 24.3 Å². The van der Waals surface area contributed by atoms with Crippen LogP contribution in [0.1, 0.15) is 70.3 Å². The van der Waals surface area contributed by atoms with Crippen LogP contribution in [-0.2, 0) is 20.7 Å². The molecule has 0 unspecified atom stereocenters. The summed E-state index contributed by atoms with van der Waals surface area (Å²) in [6.45, 7) is 2.63. The van der Waals surface area contributed by atoms with Gasteiger partial charge in [0.1, 0.15) is 5.75 Å². The number of hydrogen-bond donors (Lipinski definition) is 0. The highest BCUT2D eigenvalue weighted by Crippen LogP contribution is 2.24. The molecule has 0 aliphatic heterocycles. The maximum absolute atomic E-state index is 12.0. The average Bonchev–Trinajstić information content (AvgIpc) is 2.63. The largest absolute Gasteiger partial charge is 0.465 e. The van der Waals surface area contributed by atoms with Gasteiger partial charge in [-0.2, -0.15) is 0 Å². The Morgan fingerprint density at radius 1 is 1.04 bits per heavy atom. The Balaban J connectivity index is 1.64. The first-order chi connectivity index (χ1) is 12.2. The van der Waals surface area contributed by atoms with Crippen LogP contribution in [0.5, 0.6) is 5.75 Å². The summed E-state index contributed by atoms with van der Waals surface area (Å²) in [5.74, 6) is 0.667. The van der Waals surface area contributed by atoms with Gasteiger partial charge in [0.25, 0.3) is 0 Å². The highest BCUT2D eigenvalue weighted by Gasteiger charge is 2.16. The van der Waals surface area contributed by atoms with Gasteiger partial charge in [-0.3, -0.25) is 9.59 Å². The molecule has 0 aromatic heterocycles. The summed E-state index contributed by atoms with van der Waals surface area (Å²) in [4.78, 5) is 23.8. The Bertz CT molecular complexity index is 547. The van der Waals surface area contributed by atoms with E-state index in [0.29, 0.717) is 24.7 Å². The number of esters is 2. The van der Waals surface area contributed by atoms with Gasteiger partial charge in [0.05, 0.1) is 6.61 Å². The van der Waals surface area contributed by atoms with Crippen LogP contribution in [0.15, 0.2) is 24.3 Å². The lowest BCUT2D eigenvalue weighted by Gasteiger charge is -2.20. The van der Waals surface area contributed by atoms with Crippen molar-refractivity contribution in [2.24, 2.45) is 5.92 Å². The third-order valence-corrected chi connectivity index (χ3v) is 4.68. The second kappa shape index (κ2) is 10.9. The van der Waals surface area contributed by atoms with Crippen molar-refractivity contribution in [1.29, 1.82) is 0 Å². The van der Waals surface area contributed by atoms with E-state index in [1.165, 1.54) is 19.3 Å². The normalized spacial score (nSPS) is 14.9. The van der Waals surface area contributed by atoms with Gasteiger partial charge < -0.3 is 9.47 Å². The van der Waals surface area contributed by atoms with Gasteiger partial charge in [-0.15, -0.1) is 0 Å². The Hall–Kier alpha value is -1.84. The van der Waals surface area contributed by atoms with Gasteiger partial charge in [0.15, 0.2) is 0 Å². The van der Waals surface area contributed by atoms with Crippen molar-refractivity contribution < 1.29 is 19.1 Å². The SMILES string of the molecule is CCCc1ccccc1OC(=O)CCCC(=O)OCC1CCCCC1. The molecule has 1 aliphatic rings. The fourth-order valence-corrected chi connectivity index (χ4v) is 3.27. The third kappa shape index (κ3) is 7.29. The van der Waals surface area contributed by atoms with Crippen LogP contribution in [0.3, 0.4) is 0 Å². The topological polar surface area (TPSA) is 52.6 Å². The van der Waals surface area contributed by atoms with Crippen molar-refractivity contribution in [2.75, 3.05) is 6.61 Å². The monoisotopic (exact) mass is 346 g/mol. The second-order valence-corrected chi connectivity index (χ2v) is 6.87. The maximum atomic E-state index is 12.0. The van der Waals surface area contributed by atoms with Gasteiger partial charge in [-0.25, -0.2) is 0 Å². The number of rotatable bonds is 9. The molecule has 138 valence electrons. The molecule has 0 saturated heterocycles. The minimum absolute atomic E-state index is 0.204. The molecule has 4 nitrogen and oxygen atoms in total. The number of para-hydroxylation sites is 1. The van der Waals surface area contributed by atoms with E-state index in [4.69, 9.17) is 9.47 Å². The number of carbonyl (C=O) groups is 2. The molecule has 25 heavy (non-hydrogen) atoms. The molecule has 0 radical (unpaired) electrons. The van der Waals surface area contributed by atoms with Gasteiger partial charge >= 0.3 is 11.9 Å². The smallest absolute Gasteiger partial charge is 0.311 e. The van der Waals surface area contributed by atoms with Crippen molar-refractivity contribution in [3.63, 3.8) is 0 Å². The first-order valence-corrected chi connectivity index (χ1v) is 9.63. The number of ether oxygens (including phenoxy) is 2. The molecular weight excluding hydrogens is 316 g/mol. The number of hydrogen-bond acceptors (Lipinski definition) is 4. The molecule has 0 heterocycles. The van der Waals surface area contributed by atoms with Gasteiger partial charge in [0.2, 0.25) is 0 Å². The number of benzene rings is 1. The van der Waals surface area contributed by atoms with E-state index in [2.05, 4.69) is 6.92 Å². The third-order valence-electron chi connectivity index (χ3n) is 4.68. The molecule has 0 amide bonds. The Morgan fingerprint density at radius 2 is 1.76 bits per heavy atom. The summed E-state index contributed by atoms with van der Waals surface area (Å²) in [5, 5.41) is 0. The van der Waals surface area contributed by atoms with Crippen molar-refractivity contribution in [3.05, 3.63) is 29.8 Å². The molecule has 1 saturated carbocycles. The lowest BCUT2D eigenvalue weighted by molar-refractivity contribution is -0.145. The van der Waals surface area contributed by atoms with E-state index in [-0.39, 0.29) is 24.8 Å². The van der Waals surface area contributed by atoms with Crippen LogP contribution >= 0.6 is 0 Å². The number of aryl methyl sites for hydroxylation is 1. The standard InChI is InChI=1S/C21H30O4/c1-2-9-18-12-6-7-13-19(18)25-21(23)15-8-14-20(22)24-16-17-10-4-3-5-11-17/h6-7,12-13,17H,2-5,8-11,14-16H2,1H3. The lowest BCUT2D eigenvalue weighted by atomic mass is 9.90. The van der Waals surface area contributed by atoms with Crippen LogP contribution in [0.25, 0.3) is 0 Å². The van der Waals surface area contributed by atoms with E-state index in [0.717, 1.165) is 31.2 Å². The van der Waals surface area contributed by atoms with Crippen LogP contribution in [0, 0.1) is 5.92 Å². The summed E-state index contributed by atoms with van der Waals surface area (Å²) in [7, 11) is 0. The first-order valence-electron chi connectivity index (χ1n) is 9.63. The highest BCUT2D eigenvalue weighted by molar-refractivity contribution is 5.74. The van der Waals surface area contributed by atoms with Crippen LogP contribution < -0.4 is 4.74 Å². The first kappa shape index (κ1) is 19.5. The fraction of sp³-hybridized carbons (Fsp3) is 0.619. The summed E-state index contributed by atoms with van der Waals surface area (Å²) in [6.07, 6.45) is 8.98. The molecule has 0 spiro atoms. The van der Waals surface area contributed by atoms with E-state index >= 15 is 0 Å². The number of carbonyl (C=O) groups excluding carboxylic acids is 2. The minimum Gasteiger partial charge on any atom is -0.465 e. The fourth-order valence-electron chi connectivity index (χ4n) is 3.27. The quantitative estimate of drug-likeness (QED) is 0.474. The molecule has 0 N–H and O–H groups in total. The predicted octanol–water partition coefficient (Wildman–Crippen LogP) is 4.84. The lowest BCUT2D eigenvalue weighted by Crippen LogP contribution is -2.17. The average molecular weight is 346 g/mol. The van der Waals surface area contributed by atoms with Crippen molar-refractivity contribution in [3.8, 4) is 5.75 Å². The Kier molecular flexibility index (Phi) is 8.50. The molecule has 4 heteroatoms. The van der Waals surface area contributed by atoms with E-state index in [9.17, 15) is 9.59 Å². The molecule has 0 bridgehead atoms. The van der Waals surface area contributed by atoms with Crippen molar-refractivity contribution in [2.45, 2.75) is 71.1 Å². The molecular formula is C21H30O4. The van der Waals surface area contributed by atoms with E-state index < -0.39 is 0 Å². The highest BCUT2D eigenvalue weighted by atomic mass is 16.5. The minimum atomic E-state index is -0.288. The summed E-state index contributed by atoms with van der Waals surface area (Å²) in [6, 6.07) is 7.62. The van der Waals surface area contributed by atoms with Crippen LogP contribution in [-0.4, -0.2) is 18.5 Å². The zero-order valence-electron chi connectivity index (χ0n) is 15.3. The van der Waals surface area contributed by atoms with E-state index in [1.54, 1.807) is 0 Å². The molecule has 1 aromatic carbocycles. The zero-order chi connectivity index (χ0) is 17.9. The van der Waals surface area contributed by atoms with Crippen LogP contribution in [0.4, 0.5) is 0 Å². The van der Waals surface area contributed by atoms with Gasteiger partial charge in [-0.1, -0.05) is 50.8 Å². The summed E-state index contributed by atoms with van der Waals surface area (Å²) >= 11 is 0. The van der Waals surface area contributed by atoms with Crippen LogP contribution in [0.2, 0.25) is 0 Å².